The van der Waals surface area contributed by atoms with Crippen LogP contribution in [0.2, 0.25) is 0 Å². The van der Waals surface area contributed by atoms with Gasteiger partial charge >= 0.3 is 0 Å². The number of benzene rings is 2. The van der Waals surface area contributed by atoms with Gasteiger partial charge in [0.25, 0.3) is 0 Å². The predicted molar refractivity (Wildman–Crippen MR) is 163 cm³/mol. The van der Waals surface area contributed by atoms with E-state index in [0.717, 1.165) is 36.8 Å². The maximum Gasteiger partial charge on any atom is 0.232 e. The van der Waals surface area contributed by atoms with E-state index in [9.17, 15) is 30.0 Å². The lowest BCUT2D eigenvalue weighted by Crippen LogP contribution is -2.33. The van der Waals surface area contributed by atoms with E-state index in [1.165, 1.54) is 0 Å². The van der Waals surface area contributed by atoms with Gasteiger partial charge in [0.15, 0.2) is 34.5 Å². The molecule has 2 heterocycles. The first-order valence-electron chi connectivity index (χ1n) is 15.9. The Hall–Kier alpha value is -3.94. The molecule has 7 rings (SSSR count). The zero-order chi connectivity index (χ0) is 31.5. The summed E-state index contributed by atoms with van der Waals surface area (Å²) >= 11 is 0. The quantitative estimate of drug-likeness (QED) is 0.212. The topological polar surface area (TPSA) is 134 Å². The Kier molecular flexibility index (Phi) is 6.40. The van der Waals surface area contributed by atoms with Crippen molar-refractivity contribution in [3.63, 3.8) is 0 Å². The standard InChI is InChI=1S/C36H40O8/c1-13(2)17-9-7-15(5)21-23(17)25-19(29(37)31(21)39)11-43-35-27(25)33(41)36-28(34(35)42)26-20(12-44-36)30(38)32(40)22-16(6)8-10-18(14(3)4)24(22)26/h13-18,37-40H,7-12H2,1-6H3/t15-,16-,17+,18+/m0/s1. The highest BCUT2D eigenvalue weighted by Crippen LogP contribution is 2.59. The molecule has 8 nitrogen and oxygen atoms in total. The first-order valence-corrected chi connectivity index (χ1v) is 15.9. The Morgan fingerprint density at radius 2 is 0.932 bits per heavy atom. The van der Waals surface area contributed by atoms with Crippen LogP contribution in [0.4, 0.5) is 0 Å². The zero-order valence-corrected chi connectivity index (χ0v) is 26.1. The Morgan fingerprint density at radius 1 is 0.568 bits per heavy atom. The van der Waals surface area contributed by atoms with E-state index in [2.05, 4.69) is 27.7 Å². The summed E-state index contributed by atoms with van der Waals surface area (Å²) in [5.41, 5.74) is 4.53. The van der Waals surface area contributed by atoms with Gasteiger partial charge < -0.3 is 29.9 Å². The van der Waals surface area contributed by atoms with Crippen LogP contribution < -0.4 is 0 Å². The SMILES string of the molecule is CC(C)[C@H]1CC[C@H](C)c2c(O)c(O)c3c(c21)C1=C(OC3)C(=O)C2=C(OCc3c(O)c(O)c4c(c32)[C@@H](C(C)C)CC[C@@H]4C)C1=O. The molecule has 8 heteroatoms. The Bertz CT molecular complexity index is 1610. The zero-order valence-electron chi connectivity index (χ0n) is 26.1. The number of fused-ring (bicyclic) bond motifs is 8. The molecule has 0 saturated carbocycles. The largest absolute Gasteiger partial charge is 0.504 e. The third kappa shape index (κ3) is 3.63. The molecule has 3 aliphatic carbocycles. The summed E-state index contributed by atoms with van der Waals surface area (Å²) in [5.74, 6) is -1.98. The van der Waals surface area contributed by atoms with Crippen molar-refractivity contribution in [3.8, 4) is 23.0 Å². The van der Waals surface area contributed by atoms with E-state index in [1.54, 1.807) is 0 Å². The molecule has 0 bridgehead atoms. The number of phenols is 4. The Labute approximate surface area is 257 Å². The molecule has 2 aliphatic heterocycles. The summed E-state index contributed by atoms with van der Waals surface area (Å²) in [5, 5.41) is 44.8. The summed E-state index contributed by atoms with van der Waals surface area (Å²) in [6, 6.07) is 0. The summed E-state index contributed by atoms with van der Waals surface area (Å²) in [4.78, 5) is 29.2. The minimum Gasteiger partial charge on any atom is -0.504 e. The molecule has 0 radical (unpaired) electrons. The van der Waals surface area contributed by atoms with Crippen molar-refractivity contribution in [1.82, 2.24) is 0 Å². The van der Waals surface area contributed by atoms with E-state index < -0.39 is 11.6 Å². The van der Waals surface area contributed by atoms with Crippen molar-refractivity contribution in [1.29, 1.82) is 0 Å². The van der Waals surface area contributed by atoms with Crippen LogP contribution in [0.1, 0.15) is 135 Å². The number of Topliss-reactive ketones (excluding diaryl/α,β-unsaturated/α-hetero) is 2. The van der Waals surface area contributed by atoms with Crippen LogP contribution >= 0.6 is 0 Å². The molecule has 0 saturated heterocycles. The molecule has 5 aliphatic rings. The number of rotatable bonds is 2. The molecular formula is C36H40O8. The Morgan fingerprint density at radius 3 is 1.27 bits per heavy atom. The summed E-state index contributed by atoms with van der Waals surface area (Å²) < 4.78 is 12.1. The molecule has 0 fully saturated rings. The molecule has 0 aromatic heterocycles. The first-order chi connectivity index (χ1) is 20.9. The fourth-order valence-corrected chi connectivity index (χ4v) is 8.70. The number of aromatic hydroxyl groups is 4. The third-order valence-corrected chi connectivity index (χ3v) is 11.0. The average molecular weight is 601 g/mol. The lowest BCUT2D eigenvalue weighted by Gasteiger charge is -2.40. The van der Waals surface area contributed by atoms with Gasteiger partial charge in [-0.1, -0.05) is 41.5 Å². The van der Waals surface area contributed by atoms with Gasteiger partial charge in [-0.3, -0.25) is 9.59 Å². The first kappa shape index (κ1) is 28.8. The van der Waals surface area contributed by atoms with Crippen molar-refractivity contribution in [2.24, 2.45) is 11.8 Å². The van der Waals surface area contributed by atoms with Crippen molar-refractivity contribution in [2.75, 3.05) is 0 Å². The monoisotopic (exact) mass is 600 g/mol. The van der Waals surface area contributed by atoms with Crippen LogP contribution in [0.5, 0.6) is 23.0 Å². The summed E-state index contributed by atoms with van der Waals surface area (Å²) in [7, 11) is 0. The fourth-order valence-electron chi connectivity index (χ4n) is 8.70. The molecule has 4 N–H and O–H groups in total. The van der Waals surface area contributed by atoms with Crippen LogP contribution in [-0.2, 0) is 32.3 Å². The van der Waals surface area contributed by atoms with Gasteiger partial charge in [-0.05, 0) is 72.3 Å². The number of hydrogen-bond acceptors (Lipinski definition) is 8. The normalized spacial score (nSPS) is 25.5. The molecule has 232 valence electrons. The van der Waals surface area contributed by atoms with Crippen LogP contribution in [0.15, 0.2) is 11.5 Å². The van der Waals surface area contributed by atoms with Crippen molar-refractivity contribution < 1.29 is 39.5 Å². The number of ketones is 2. The molecular weight excluding hydrogens is 560 g/mol. The maximum atomic E-state index is 14.6. The summed E-state index contributed by atoms with van der Waals surface area (Å²) in [6.45, 7) is 12.0. The average Bonchev–Trinajstić information content (AvgIpc) is 2.99. The number of phenolic OH excluding ortho intramolecular Hbond substituents is 4. The lowest BCUT2D eigenvalue weighted by atomic mass is 9.66. The minimum atomic E-state index is -0.513. The van der Waals surface area contributed by atoms with Gasteiger partial charge in [0.2, 0.25) is 11.6 Å². The van der Waals surface area contributed by atoms with Crippen LogP contribution in [0.3, 0.4) is 0 Å². The van der Waals surface area contributed by atoms with Gasteiger partial charge in [0.1, 0.15) is 13.2 Å². The van der Waals surface area contributed by atoms with E-state index >= 15 is 0 Å². The molecule has 2 aromatic rings. The van der Waals surface area contributed by atoms with E-state index in [1.807, 2.05) is 13.8 Å². The van der Waals surface area contributed by atoms with Crippen molar-refractivity contribution in [2.45, 2.75) is 104 Å². The number of carbonyl (C=O) groups excluding carboxylic acids is 2. The highest BCUT2D eigenvalue weighted by atomic mass is 16.5. The van der Waals surface area contributed by atoms with Crippen molar-refractivity contribution in [3.05, 3.63) is 56.0 Å². The predicted octanol–water partition coefficient (Wildman–Crippen LogP) is 7.12. The molecule has 44 heavy (non-hydrogen) atoms. The van der Waals surface area contributed by atoms with E-state index in [0.29, 0.717) is 33.4 Å². The second-order valence-electron chi connectivity index (χ2n) is 14.1. The molecule has 0 unspecified atom stereocenters. The number of allylic oxidation sites excluding steroid dienone is 2. The van der Waals surface area contributed by atoms with Crippen LogP contribution in [0, 0.1) is 11.8 Å². The highest BCUT2D eigenvalue weighted by Gasteiger charge is 2.49. The molecule has 0 amide bonds. The third-order valence-electron chi connectivity index (χ3n) is 11.0. The molecule has 4 atom stereocenters. The second-order valence-corrected chi connectivity index (χ2v) is 14.1. The fraction of sp³-hybridized carbons (Fsp3) is 0.500. The van der Waals surface area contributed by atoms with Crippen molar-refractivity contribution >= 4 is 22.7 Å². The van der Waals surface area contributed by atoms with Gasteiger partial charge in [0.05, 0.1) is 11.1 Å². The van der Waals surface area contributed by atoms with Gasteiger partial charge in [0, 0.05) is 33.4 Å². The lowest BCUT2D eigenvalue weighted by molar-refractivity contribution is -0.118. The van der Waals surface area contributed by atoms with E-state index in [-0.39, 0.29) is 94.4 Å². The van der Waals surface area contributed by atoms with Crippen LogP contribution in [0.25, 0.3) is 11.1 Å². The van der Waals surface area contributed by atoms with Gasteiger partial charge in [-0.25, -0.2) is 0 Å². The minimum absolute atomic E-state index is 0.000178. The highest BCUT2D eigenvalue weighted by molar-refractivity contribution is 6.47. The van der Waals surface area contributed by atoms with Gasteiger partial charge in [-0.2, -0.15) is 0 Å². The Balaban J connectivity index is 1.51. The number of carbonyl (C=O) groups is 2. The second kappa shape index (κ2) is 9.78. The smallest absolute Gasteiger partial charge is 0.232 e. The molecule has 2 aromatic carbocycles. The molecule has 0 spiro atoms. The van der Waals surface area contributed by atoms with Gasteiger partial charge in [-0.15, -0.1) is 0 Å². The number of ether oxygens (including phenoxy) is 2. The summed E-state index contributed by atoms with van der Waals surface area (Å²) in [6.07, 6.45) is 3.33. The van der Waals surface area contributed by atoms with Crippen LogP contribution in [-0.4, -0.2) is 32.0 Å². The maximum absolute atomic E-state index is 14.6. The number of hydrogen-bond donors (Lipinski definition) is 4. The van der Waals surface area contributed by atoms with E-state index in [4.69, 9.17) is 9.47 Å².